The van der Waals surface area contributed by atoms with Crippen LogP contribution in [0.5, 0.6) is 11.5 Å². The number of methoxy groups -OCH3 is 2. The Bertz CT molecular complexity index is 1090. The van der Waals surface area contributed by atoms with Crippen molar-refractivity contribution in [2.24, 2.45) is 0 Å². The Morgan fingerprint density at radius 1 is 1.16 bits per heavy atom. The van der Waals surface area contributed by atoms with E-state index in [1.54, 1.807) is 24.3 Å². The molecule has 0 radical (unpaired) electrons. The lowest BCUT2D eigenvalue weighted by molar-refractivity contribution is -0.148. The lowest BCUT2D eigenvalue weighted by atomic mass is 10.1. The molecule has 1 aliphatic heterocycles. The number of halogens is 2. The van der Waals surface area contributed by atoms with E-state index in [1.165, 1.54) is 27.2 Å². The van der Waals surface area contributed by atoms with Gasteiger partial charge in [-0.25, -0.2) is 4.79 Å². The largest absolute Gasteiger partial charge is 0.493 e. The zero-order valence-corrected chi connectivity index (χ0v) is 19.7. The second-order valence-electron chi connectivity index (χ2n) is 6.70. The number of benzene rings is 2. The van der Waals surface area contributed by atoms with Crippen molar-refractivity contribution >= 4 is 58.2 Å². The van der Waals surface area contributed by atoms with Gasteiger partial charge in [-0.15, -0.1) is 0 Å². The van der Waals surface area contributed by atoms with Crippen molar-refractivity contribution in [2.45, 2.75) is 19.6 Å². The highest BCUT2D eigenvalue weighted by molar-refractivity contribution is 8.18. The van der Waals surface area contributed by atoms with E-state index in [2.05, 4.69) is 4.74 Å². The summed E-state index contributed by atoms with van der Waals surface area (Å²) in [5, 5.41) is 0.339. The summed E-state index contributed by atoms with van der Waals surface area (Å²) in [6.45, 7) is 1.68. The lowest BCUT2D eigenvalue weighted by Crippen LogP contribution is -2.42. The zero-order chi connectivity index (χ0) is 23.4. The Balaban J connectivity index is 1.83. The van der Waals surface area contributed by atoms with Gasteiger partial charge in [0.2, 0.25) is 0 Å². The van der Waals surface area contributed by atoms with Crippen molar-refractivity contribution in [1.82, 2.24) is 4.90 Å². The van der Waals surface area contributed by atoms with Gasteiger partial charge in [0.25, 0.3) is 11.1 Å². The molecule has 1 aliphatic rings. The van der Waals surface area contributed by atoms with Crippen LogP contribution in [0.2, 0.25) is 10.0 Å². The van der Waals surface area contributed by atoms with Gasteiger partial charge in [-0.1, -0.05) is 35.3 Å². The van der Waals surface area contributed by atoms with Crippen LogP contribution in [0, 0.1) is 0 Å². The summed E-state index contributed by atoms with van der Waals surface area (Å²) in [4.78, 5) is 37.7. The Labute approximate surface area is 199 Å². The van der Waals surface area contributed by atoms with Crippen LogP contribution >= 0.6 is 35.0 Å². The van der Waals surface area contributed by atoms with Crippen molar-refractivity contribution in [3.8, 4) is 11.5 Å². The van der Waals surface area contributed by atoms with Gasteiger partial charge in [0.15, 0.2) is 11.5 Å². The van der Waals surface area contributed by atoms with Crippen LogP contribution in [-0.2, 0) is 20.9 Å². The van der Waals surface area contributed by atoms with Gasteiger partial charge in [0.05, 0.1) is 24.1 Å². The fourth-order valence-electron chi connectivity index (χ4n) is 2.94. The van der Waals surface area contributed by atoms with Gasteiger partial charge in [-0.2, -0.15) is 0 Å². The number of carbonyl (C=O) groups excluding carboxylic acids is 3. The third-order valence-electron chi connectivity index (χ3n) is 4.60. The van der Waals surface area contributed by atoms with Crippen LogP contribution in [0.1, 0.15) is 18.1 Å². The smallest absolute Gasteiger partial charge is 0.328 e. The van der Waals surface area contributed by atoms with Gasteiger partial charge in [-0.05, 0) is 60.2 Å². The number of thioether (sulfide) groups is 1. The molecule has 0 unspecified atom stereocenters. The van der Waals surface area contributed by atoms with Crippen molar-refractivity contribution < 1.29 is 28.6 Å². The molecule has 0 N–H and O–H groups in total. The summed E-state index contributed by atoms with van der Waals surface area (Å²) in [6.07, 6.45) is 1.51. The van der Waals surface area contributed by atoms with Crippen LogP contribution in [0.3, 0.4) is 0 Å². The maximum atomic E-state index is 12.7. The van der Waals surface area contributed by atoms with E-state index in [-0.39, 0.29) is 16.5 Å². The number of rotatable bonds is 7. The van der Waals surface area contributed by atoms with Crippen LogP contribution in [0.4, 0.5) is 4.79 Å². The predicted octanol–water partition coefficient (Wildman–Crippen LogP) is 5.18. The molecule has 0 bridgehead atoms. The fraction of sp³-hybridized carbons (Fsp3) is 0.227. The van der Waals surface area contributed by atoms with E-state index in [0.29, 0.717) is 22.1 Å². The highest BCUT2D eigenvalue weighted by Gasteiger charge is 2.41. The van der Waals surface area contributed by atoms with E-state index in [4.69, 9.17) is 32.7 Å². The normalized spacial score (nSPS) is 15.8. The highest BCUT2D eigenvalue weighted by Crippen LogP contribution is 2.39. The lowest BCUT2D eigenvalue weighted by Gasteiger charge is -2.18. The molecule has 0 spiro atoms. The summed E-state index contributed by atoms with van der Waals surface area (Å²) in [5.41, 5.74) is 1.42. The average Bonchev–Trinajstić information content (AvgIpc) is 3.05. The summed E-state index contributed by atoms with van der Waals surface area (Å²) in [7, 11) is 2.66. The van der Waals surface area contributed by atoms with E-state index >= 15 is 0 Å². The van der Waals surface area contributed by atoms with Gasteiger partial charge in [-0.3, -0.25) is 14.5 Å². The molecule has 2 aromatic rings. The summed E-state index contributed by atoms with van der Waals surface area (Å²) >= 11 is 13.0. The molecule has 1 fully saturated rings. The molecule has 32 heavy (non-hydrogen) atoms. The molecule has 0 aliphatic carbocycles. The van der Waals surface area contributed by atoms with Crippen molar-refractivity contribution in [1.29, 1.82) is 0 Å². The van der Waals surface area contributed by atoms with E-state index in [9.17, 15) is 14.4 Å². The molecule has 0 saturated carbocycles. The number of ether oxygens (including phenoxy) is 3. The minimum atomic E-state index is -1.03. The average molecular weight is 496 g/mol. The van der Waals surface area contributed by atoms with E-state index in [1.807, 2.05) is 12.1 Å². The molecule has 10 heteroatoms. The van der Waals surface area contributed by atoms with Gasteiger partial charge in [0, 0.05) is 5.02 Å². The van der Waals surface area contributed by atoms with Crippen LogP contribution in [-0.4, -0.2) is 42.3 Å². The molecule has 1 atom stereocenters. The van der Waals surface area contributed by atoms with Crippen LogP contribution in [0.15, 0.2) is 41.3 Å². The minimum absolute atomic E-state index is 0.152. The van der Waals surface area contributed by atoms with Crippen molar-refractivity contribution in [2.75, 3.05) is 14.2 Å². The molecule has 168 valence electrons. The van der Waals surface area contributed by atoms with E-state index < -0.39 is 23.2 Å². The first-order valence-electron chi connectivity index (χ1n) is 9.34. The minimum Gasteiger partial charge on any atom is -0.493 e. The molecule has 2 amide bonds. The van der Waals surface area contributed by atoms with Crippen LogP contribution < -0.4 is 9.47 Å². The maximum Gasteiger partial charge on any atom is 0.328 e. The summed E-state index contributed by atoms with van der Waals surface area (Å²) in [6, 6.07) is 9.40. The van der Waals surface area contributed by atoms with Crippen LogP contribution in [0.25, 0.3) is 6.08 Å². The number of esters is 1. The number of hydrogen-bond acceptors (Lipinski definition) is 7. The molecule has 1 heterocycles. The number of hydrogen-bond donors (Lipinski definition) is 0. The monoisotopic (exact) mass is 495 g/mol. The van der Waals surface area contributed by atoms with Gasteiger partial charge in [0.1, 0.15) is 12.6 Å². The third kappa shape index (κ3) is 5.20. The first-order chi connectivity index (χ1) is 15.2. The predicted molar refractivity (Wildman–Crippen MR) is 123 cm³/mol. The topological polar surface area (TPSA) is 82.1 Å². The number of nitrogens with zero attached hydrogens (tertiary/aromatic N) is 1. The molecular formula is C22H19Cl2NO6S. The number of imide groups is 1. The standard InChI is InChI=1S/C22H19Cl2NO6S/c1-12(21(27)30-3)25-20(26)18(32-22(25)28)10-14-8-16(24)19(17(9-14)29-2)31-11-13-4-6-15(23)7-5-13/h4-10,12H,11H2,1-3H3/b18-10+/t12-/m0/s1. The Kier molecular flexibility index (Phi) is 7.71. The third-order valence-corrected chi connectivity index (χ3v) is 6.02. The first-order valence-corrected chi connectivity index (χ1v) is 10.9. The molecule has 7 nitrogen and oxygen atoms in total. The Morgan fingerprint density at radius 2 is 1.84 bits per heavy atom. The summed E-state index contributed by atoms with van der Waals surface area (Å²) in [5.74, 6) is -0.565. The van der Waals surface area contributed by atoms with Gasteiger partial charge >= 0.3 is 5.97 Å². The van der Waals surface area contributed by atoms with Crippen molar-refractivity contribution in [3.63, 3.8) is 0 Å². The quantitative estimate of drug-likeness (QED) is 0.386. The SMILES string of the molecule is COC(=O)[C@H](C)N1C(=O)S/C(=C/c2cc(Cl)c(OCc3ccc(Cl)cc3)c(OC)c2)C1=O. The summed E-state index contributed by atoms with van der Waals surface area (Å²) < 4.78 is 15.9. The van der Waals surface area contributed by atoms with Gasteiger partial charge < -0.3 is 14.2 Å². The fourth-order valence-corrected chi connectivity index (χ4v) is 4.25. The second kappa shape index (κ2) is 10.3. The second-order valence-corrected chi connectivity index (χ2v) is 8.54. The number of amides is 2. The van der Waals surface area contributed by atoms with Crippen molar-refractivity contribution in [3.05, 3.63) is 62.5 Å². The zero-order valence-electron chi connectivity index (χ0n) is 17.4. The Morgan fingerprint density at radius 3 is 2.47 bits per heavy atom. The number of carbonyl (C=O) groups is 3. The molecule has 0 aromatic heterocycles. The van der Waals surface area contributed by atoms with E-state index in [0.717, 1.165) is 22.2 Å². The first kappa shape index (κ1) is 24.0. The molecule has 3 rings (SSSR count). The molecule has 2 aromatic carbocycles. The molecule has 1 saturated heterocycles. The maximum absolute atomic E-state index is 12.7. The Hall–Kier alpha value is -2.68. The highest BCUT2D eigenvalue weighted by atomic mass is 35.5. The molecular weight excluding hydrogens is 477 g/mol.